The Balaban J connectivity index is 2.10. The maximum Gasteiger partial charge on any atom is 0.0323 e. The van der Waals surface area contributed by atoms with Crippen LogP contribution >= 0.6 is 0 Å². The van der Waals surface area contributed by atoms with Gasteiger partial charge < -0.3 is 5.32 Å². The summed E-state index contributed by atoms with van der Waals surface area (Å²) < 4.78 is 0. The van der Waals surface area contributed by atoms with Crippen molar-refractivity contribution in [1.29, 1.82) is 0 Å². The predicted molar refractivity (Wildman–Crippen MR) is 65.1 cm³/mol. The maximum absolute atomic E-state index is 3.57. The van der Waals surface area contributed by atoms with Gasteiger partial charge in [-0.3, -0.25) is 0 Å². The first-order chi connectivity index (χ1) is 7.16. The van der Waals surface area contributed by atoms with E-state index in [0.29, 0.717) is 12.0 Å². The summed E-state index contributed by atoms with van der Waals surface area (Å²) in [5.74, 6) is 1.45. The third-order valence-corrected chi connectivity index (χ3v) is 3.36. The first-order valence-electron chi connectivity index (χ1n) is 6.00. The van der Waals surface area contributed by atoms with Crippen molar-refractivity contribution in [3.05, 3.63) is 35.4 Å². The quantitative estimate of drug-likeness (QED) is 0.776. The zero-order valence-corrected chi connectivity index (χ0v) is 9.96. The number of benzene rings is 1. The van der Waals surface area contributed by atoms with Crippen LogP contribution in [-0.4, -0.2) is 6.54 Å². The molecule has 0 saturated carbocycles. The summed E-state index contributed by atoms with van der Waals surface area (Å²) in [4.78, 5) is 0. The van der Waals surface area contributed by atoms with Gasteiger partial charge in [0, 0.05) is 6.04 Å². The highest BCUT2D eigenvalue weighted by molar-refractivity contribution is 5.27. The molecule has 1 nitrogen and oxygen atoms in total. The van der Waals surface area contributed by atoms with Crippen LogP contribution in [0, 0.1) is 5.92 Å². The van der Waals surface area contributed by atoms with Crippen LogP contribution in [0.3, 0.4) is 0 Å². The van der Waals surface area contributed by atoms with Crippen LogP contribution in [-0.2, 0) is 0 Å². The van der Waals surface area contributed by atoms with Gasteiger partial charge in [-0.2, -0.15) is 0 Å². The zero-order valence-electron chi connectivity index (χ0n) is 9.96. The van der Waals surface area contributed by atoms with E-state index in [2.05, 4.69) is 50.4 Å². The average Bonchev–Trinajstić information content (AvgIpc) is 2.65. The van der Waals surface area contributed by atoms with E-state index in [1.54, 1.807) is 0 Å². The van der Waals surface area contributed by atoms with Crippen LogP contribution < -0.4 is 5.32 Å². The highest BCUT2D eigenvalue weighted by atomic mass is 14.9. The molecule has 1 fully saturated rings. The van der Waals surface area contributed by atoms with Crippen LogP contribution in [0.15, 0.2) is 24.3 Å². The molecular weight excluding hydrogens is 182 g/mol. The van der Waals surface area contributed by atoms with Gasteiger partial charge in [0.05, 0.1) is 0 Å². The SMILES string of the molecule is CC(C)c1ccc([C@@H]2C[C@H](C)CN2)cc1. The van der Waals surface area contributed by atoms with Gasteiger partial charge in [0.2, 0.25) is 0 Å². The number of hydrogen-bond acceptors (Lipinski definition) is 1. The summed E-state index contributed by atoms with van der Waals surface area (Å²) in [5.41, 5.74) is 2.88. The second kappa shape index (κ2) is 4.36. The summed E-state index contributed by atoms with van der Waals surface area (Å²) in [6, 6.07) is 9.69. The molecule has 0 aromatic heterocycles. The highest BCUT2D eigenvalue weighted by Gasteiger charge is 2.21. The van der Waals surface area contributed by atoms with E-state index < -0.39 is 0 Å². The lowest BCUT2D eigenvalue weighted by atomic mass is 9.97. The monoisotopic (exact) mass is 203 g/mol. The minimum Gasteiger partial charge on any atom is -0.310 e. The second-order valence-corrected chi connectivity index (χ2v) is 5.12. The number of hydrogen-bond donors (Lipinski definition) is 1. The van der Waals surface area contributed by atoms with Crippen molar-refractivity contribution in [1.82, 2.24) is 5.32 Å². The molecule has 1 aromatic rings. The van der Waals surface area contributed by atoms with Gasteiger partial charge in [-0.15, -0.1) is 0 Å². The standard InChI is InChI=1S/C14H21N/c1-10(2)12-4-6-13(7-5-12)14-8-11(3)9-15-14/h4-7,10-11,14-15H,8-9H2,1-3H3/t11-,14-/m0/s1. The van der Waals surface area contributed by atoms with Crippen molar-refractivity contribution in [2.24, 2.45) is 5.92 Å². The summed E-state index contributed by atoms with van der Waals surface area (Å²) in [6.07, 6.45) is 1.28. The van der Waals surface area contributed by atoms with Crippen molar-refractivity contribution in [2.45, 2.75) is 39.2 Å². The van der Waals surface area contributed by atoms with Gasteiger partial charge in [0.15, 0.2) is 0 Å². The lowest BCUT2D eigenvalue weighted by Crippen LogP contribution is -2.13. The Morgan fingerprint density at radius 1 is 1.20 bits per heavy atom. The lowest BCUT2D eigenvalue weighted by molar-refractivity contribution is 0.611. The Kier molecular flexibility index (Phi) is 3.11. The molecule has 2 rings (SSSR count). The Labute approximate surface area is 92.9 Å². The molecule has 15 heavy (non-hydrogen) atoms. The van der Waals surface area contributed by atoms with Crippen molar-refractivity contribution in [3.8, 4) is 0 Å². The zero-order chi connectivity index (χ0) is 10.8. The maximum atomic E-state index is 3.57. The Hall–Kier alpha value is -0.820. The largest absolute Gasteiger partial charge is 0.310 e. The molecule has 1 N–H and O–H groups in total. The molecule has 0 amide bonds. The Morgan fingerprint density at radius 3 is 2.33 bits per heavy atom. The van der Waals surface area contributed by atoms with Crippen LogP contribution in [0.25, 0.3) is 0 Å². The van der Waals surface area contributed by atoms with E-state index in [9.17, 15) is 0 Å². The van der Waals surface area contributed by atoms with Crippen LogP contribution in [0.4, 0.5) is 0 Å². The molecular formula is C14H21N. The molecule has 0 bridgehead atoms. The van der Waals surface area contributed by atoms with Crippen molar-refractivity contribution >= 4 is 0 Å². The molecule has 1 heterocycles. The first kappa shape index (κ1) is 10.7. The summed E-state index contributed by atoms with van der Waals surface area (Å²) in [5, 5.41) is 3.57. The molecule has 1 saturated heterocycles. The first-order valence-corrected chi connectivity index (χ1v) is 6.00. The van der Waals surface area contributed by atoms with Crippen molar-refractivity contribution in [2.75, 3.05) is 6.54 Å². The highest BCUT2D eigenvalue weighted by Crippen LogP contribution is 2.27. The minimum absolute atomic E-state index is 0.584. The van der Waals surface area contributed by atoms with Gasteiger partial charge in [0.1, 0.15) is 0 Å². The molecule has 0 aliphatic carbocycles. The van der Waals surface area contributed by atoms with Gasteiger partial charge in [0.25, 0.3) is 0 Å². The summed E-state index contributed by atoms with van der Waals surface area (Å²) in [7, 11) is 0. The van der Waals surface area contributed by atoms with Gasteiger partial charge in [-0.1, -0.05) is 45.0 Å². The minimum atomic E-state index is 0.584. The van der Waals surface area contributed by atoms with E-state index in [4.69, 9.17) is 0 Å². The van der Waals surface area contributed by atoms with E-state index in [1.807, 2.05) is 0 Å². The Morgan fingerprint density at radius 2 is 1.87 bits per heavy atom. The fourth-order valence-corrected chi connectivity index (χ4v) is 2.28. The van der Waals surface area contributed by atoms with Crippen LogP contribution in [0.5, 0.6) is 0 Å². The summed E-state index contributed by atoms with van der Waals surface area (Å²) >= 11 is 0. The third-order valence-electron chi connectivity index (χ3n) is 3.36. The van der Waals surface area contributed by atoms with Crippen LogP contribution in [0.1, 0.15) is 50.3 Å². The average molecular weight is 203 g/mol. The van der Waals surface area contributed by atoms with E-state index in [0.717, 1.165) is 12.5 Å². The molecule has 2 atom stereocenters. The predicted octanol–water partition coefficient (Wildman–Crippen LogP) is 3.48. The molecule has 82 valence electrons. The molecule has 0 radical (unpaired) electrons. The van der Waals surface area contributed by atoms with Crippen LogP contribution in [0.2, 0.25) is 0 Å². The number of rotatable bonds is 2. The Bertz CT molecular complexity index is 313. The fourth-order valence-electron chi connectivity index (χ4n) is 2.28. The molecule has 1 aromatic carbocycles. The topological polar surface area (TPSA) is 12.0 Å². The molecule has 0 unspecified atom stereocenters. The van der Waals surface area contributed by atoms with Crippen molar-refractivity contribution < 1.29 is 0 Å². The molecule has 1 aliphatic heterocycles. The smallest absolute Gasteiger partial charge is 0.0323 e. The van der Waals surface area contributed by atoms with Crippen molar-refractivity contribution in [3.63, 3.8) is 0 Å². The molecule has 0 spiro atoms. The second-order valence-electron chi connectivity index (χ2n) is 5.12. The van der Waals surface area contributed by atoms with E-state index in [-0.39, 0.29) is 0 Å². The lowest BCUT2D eigenvalue weighted by Gasteiger charge is -2.12. The van der Waals surface area contributed by atoms with E-state index >= 15 is 0 Å². The van der Waals surface area contributed by atoms with Gasteiger partial charge in [-0.25, -0.2) is 0 Å². The normalized spacial score (nSPS) is 26.1. The number of nitrogens with one attached hydrogen (secondary N) is 1. The summed E-state index contributed by atoms with van der Waals surface area (Å²) in [6.45, 7) is 7.96. The van der Waals surface area contributed by atoms with Gasteiger partial charge >= 0.3 is 0 Å². The third kappa shape index (κ3) is 2.40. The fraction of sp³-hybridized carbons (Fsp3) is 0.571. The molecule has 1 heteroatoms. The van der Waals surface area contributed by atoms with E-state index in [1.165, 1.54) is 17.5 Å². The van der Waals surface area contributed by atoms with Gasteiger partial charge in [-0.05, 0) is 35.9 Å². The molecule has 1 aliphatic rings.